The zero-order valence-corrected chi connectivity index (χ0v) is 15.6. The smallest absolute Gasteiger partial charge is 0.306 e. The SMILES string of the molecule is CCOC(=O)CCc1cnc(NS(=O)(=O)c2cccc(Cl)c2C)s1. The van der Waals surface area contributed by atoms with Gasteiger partial charge in [-0.2, -0.15) is 0 Å². The number of thiazole rings is 1. The predicted molar refractivity (Wildman–Crippen MR) is 94.1 cm³/mol. The average Bonchev–Trinajstić information content (AvgIpc) is 2.95. The maximum atomic E-state index is 12.5. The lowest BCUT2D eigenvalue weighted by Crippen LogP contribution is -2.14. The molecule has 1 aromatic heterocycles. The Kier molecular flexibility index (Phi) is 6.20. The fraction of sp³-hybridized carbons (Fsp3) is 0.333. The number of sulfonamides is 1. The highest BCUT2D eigenvalue weighted by atomic mass is 35.5. The molecule has 0 saturated carbocycles. The van der Waals surface area contributed by atoms with Crippen molar-refractivity contribution in [2.24, 2.45) is 0 Å². The number of esters is 1. The lowest BCUT2D eigenvalue weighted by atomic mass is 10.2. The number of anilines is 1. The quantitative estimate of drug-likeness (QED) is 0.734. The molecule has 6 nitrogen and oxygen atoms in total. The predicted octanol–water partition coefficient (Wildman–Crippen LogP) is 3.40. The molecule has 9 heteroatoms. The topological polar surface area (TPSA) is 85.4 Å². The molecule has 0 fully saturated rings. The first kappa shape index (κ1) is 18.7. The largest absolute Gasteiger partial charge is 0.466 e. The highest BCUT2D eigenvalue weighted by Gasteiger charge is 2.19. The van der Waals surface area contributed by atoms with Gasteiger partial charge in [0.1, 0.15) is 0 Å². The van der Waals surface area contributed by atoms with E-state index in [0.29, 0.717) is 23.6 Å². The van der Waals surface area contributed by atoms with E-state index in [9.17, 15) is 13.2 Å². The Morgan fingerprint density at radius 2 is 2.17 bits per heavy atom. The van der Waals surface area contributed by atoms with Gasteiger partial charge < -0.3 is 4.74 Å². The van der Waals surface area contributed by atoms with Crippen molar-refractivity contribution in [3.05, 3.63) is 39.9 Å². The summed E-state index contributed by atoms with van der Waals surface area (Å²) in [6.07, 6.45) is 2.23. The molecule has 0 saturated heterocycles. The number of nitrogens with zero attached hydrogens (tertiary/aromatic N) is 1. The molecule has 2 aromatic rings. The van der Waals surface area contributed by atoms with Crippen molar-refractivity contribution < 1.29 is 17.9 Å². The molecule has 1 heterocycles. The maximum Gasteiger partial charge on any atom is 0.306 e. The van der Waals surface area contributed by atoms with Crippen LogP contribution in [-0.4, -0.2) is 26.0 Å². The number of ether oxygens (including phenoxy) is 1. The van der Waals surface area contributed by atoms with Crippen molar-refractivity contribution in [2.75, 3.05) is 11.3 Å². The molecule has 1 N–H and O–H groups in total. The zero-order chi connectivity index (χ0) is 17.7. The summed E-state index contributed by atoms with van der Waals surface area (Å²) in [6, 6.07) is 4.70. The number of halogens is 1. The van der Waals surface area contributed by atoms with E-state index in [2.05, 4.69) is 9.71 Å². The highest BCUT2D eigenvalue weighted by molar-refractivity contribution is 7.93. The van der Waals surface area contributed by atoms with Crippen LogP contribution in [0.15, 0.2) is 29.3 Å². The molecule has 0 atom stereocenters. The second kappa shape index (κ2) is 7.96. The second-order valence-electron chi connectivity index (χ2n) is 4.91. The summed E-state index contributed by atoms with van der Waals surface area (Å²) in [5, 5.41) is 0.625. The Morgan fingerprint density at radius 1 is 1.42 bits per heavy atom. The molecular formula is C15H17ClN2O4S2. The van der Waals surface area contributed by atoms with E-state index >= 15 is 0 Å². The second-order valence-corrected chi connectivity index (χ2v) is 8.08. The maximum absolute atomic E-state index is 12.5. The summed E-state index contributed by atoms with van der Waals surface area (Å²) in [6.45, 7) is 3.73. The summed E-state index contributed by atoms with van der Waals surface area (Å²) in [4.78, 5) is 16.3. The third-order valence-corrected chi connectivity index (χ3v) is 6.16. The minimum atomic E-state index is -3.77. The lowest BCUT2D eigenvalue weighted by Gasteiger charge is -2.09. The molecule has 130 valence electrons. The van der Waals surface area contributed by atoms with Gasteiger partial charge in [-0.1, -0.05) is 17.7 Å². The van der Waals surface area contributed by atoms with Crippen LogP contribution in [0, 0.1) is 6.92 Å². The van der Waals surface area contributed by atoms with Crippen LogP contribution in [0.1, 0.15) is 23.8 Å². The van der Waals surface area contributed by atoms with E-state index < -0.39 is 10.0 Å². The third-order valence-electron chi connectivity index (χ3n) is 3.16. The number of nitrogens with one attached hydrogen (secondary N) is 1. The van der Waals surface area contributed by atoms with Gasteiger partial charge in [-0.05, 0) is 38.0 Å². The van der Waals surface area contributed by atoms with Crippen molar-refractivity contribution in [2.45, 2.75) is 31.6 Å². The highest BCUT2D eigenvalue weighted by Crippen LogP contribution is 2.27. The first-order valence-corrected chi connectivity index (χ1v) is 9.89. The van der Waals surface area contributed by atoms with Crippen molar-refractivity contribution in [1.29, 1.82) is 0 Å². The summed E-state index contributed by atoms with van der Waals surface area (Å²) < 4.78 is 32.2. The monoisotopic (exact) mass is 388 g/mol. The summed E-state index contributed by atoms with van der Waals surface area (Å²) >= 11 is 7.16. The van der Waals surface area contributed by atoms with Gasteiger partial charge in [0.25, 0.3) is 10.0 Å². The van der Waals surface area contributed by atoms with Gasteiger partial charge in [0.05, 0.1) is 17.9 Å². The van der Waals surface area contributed by atoms with Gasteiger partial charge in [-0.25, -0.2) is 13.4 Å². The Bertz CT molecular complexity index is 834. The summed E-state index contributed by atoms with van der Waals surface area (Å²) in [7, 11) is -3.77. The number of rotatable bonds is 7. The van der Waals surface area contributed by atoms with Crippen LogP contribution in [0.5, 0.6) is 0 Å². The fourth-order valence-electron chi connectivity index (χ4n) is 1.98. The zero-order valence-electron chi connectivity index (χ0n) is 13.2. The van der Waals surface area contributed by atoms with Crippen LogP contribution in [0.4, 0.5) is 5.13 Å². The lowest BCUT2D eigenvalue weighted by molar-refractivity contribution is -0.143. The molecule has 0 amide bonds. The van der Waals surface area contributed by atoms with Gasteiger partial charge in [0.15, 0.2) is 5.13 Å². The number of carbonyl (C=O) groups is 1. The van der Waals surface area contributed by atoms with E-state index in [4.69, 9.17) is 16.3 Å². The van der Waals surface area contributed by atoms with Crippen molar-refractivity contribution in [1.82, 2.24) is 4.98 Å². The minimum absolute atomic E-state index is 0.110. The van der Waals surface area contributed by atoms with E-state index in [0.717, 1.165) is 4.88 Å². The van der Waals surface area contributed by atoms with Crippen LogP contribution >= 0.6 is 22.9 Å². The third kappa shape index (κ3) is 4.68. The Labute approximate surface area is 149 Å². The van der Waals surface area contributed by atoms with Crippen LogP contribution in [0.2, 0.25) is 5.02 Å². The first-order valence-electron chi connectivity index (χ1n) is 7.21. The number of aromatic nitrogens is 1. The Morgan fingerprint density at radius 3 is 2.88 bits per heavy atom. The molecular weight excluding hydrogens is 372 g/mol. The molecule has 1 aromatic carbocycles. The average molecular weight is 389 g/mol. The summed E-state index contributed by atoms with van der Waals surface area (Å²) in [5.74, 6) is -0.289. The number of aryl methyl sites for hydroxylation is 1. The number of hydrogen-bond donors (Lipinski definition) is 1. The molecule has 0 aliphatic rings. The molecule has 24 heavy (non-hydrogen) atoms. The number of benzene rings is 1. The molecule has 0 radical (unpaired) electrons. The van der Waals surface area contributed by atoms with E-state index in [-0.39, 0.29) is 22.4 Å². The van der Waals surface area contributed by atoms with Crippen molar-refractivity contribution in [3.63, 3.8) is 0 Å². The van der Waals surface area contributed by atoms with Crippen LogP contribution in [0.3, 0.4) is 0 Å². The standard InChI is InChI=1S/C15H17ClN2O4S2/c1-3-22-14(19)8-7-11-9-17-15(23-11)18-24(20,21)13-6-4-5-12(16)10(13)2/h4-6,9H,3,7-8H2,1-2H3,(H,17,18). The molecule has 0 unspecified atom stereocenters. The molecule has 2 rings (SSSR count). The number of hydrogen-bond acceptors (Lipinski definition) is 6. The van der Waals surface area contributed by atoms with E-state index in [1.165, 1.54) is 17.4 Å². The molecule has 0 aliphatic carbocycles. The first-order chi connectivity index (χ1) is 11.3. The number of carbonyl (C=O) groups excluding carboxylic acids is 1. The van der Waals surface area contributed by atoms with E-state index in [1.54, 1.807) is 32.2 Å². The van der Waals surface area contributed by atoms with Gasteiger partial charge in [-0.3, -0.25) is 9.52 Å². The molecule has 0 aliphatic heterocycles. The van der Waals surface area contributed by atoms with E-state index in [1.807, 2.05) is 0 Å². The van der Waals surface area contributed by atoms with Crippen LogP contribution in [0.25, 0.3) is 0 Å². The molecule has 0 bridgehead atoms. The normalized spacial score (nSPS) is 11.3. The Hall–Kier alpha value is -1.64. The molecule has 0 spiro atoms. The van der Waals surface area contributed by atoms with Gasteiger partial charge in [0, 0.05) is 16.1 Å². The van der Waals surface area contributed by atoms with Gasteiger partial charge >= 0.3 is 5.97 Å². The fourth-order valence-corrected chi connectivity index (χ4v) is 4.53. The van der Waals surface area contributed by atoms with Crippen molar-refractivity contribution >= 4 is 44.1 Å². The van der Waals surface area contributed by atoms with Crippen molar-refractivity contribution in [3.8, 4) is 0 Å². The Balaban J connectivity index is 2.08. The van der Waals surface area contributed by atoms with Gasteiger partial charge in [0.2, 0.25) is 0 Å². The van der Waals surface area contributed by atoms with Crippen LogP contribution in [-0.2, 0) is 26.0 Å². The van der Waals surface area contributed by atoms with Gasteiger partial charge in [-0.15, -0.1) is 11.3 Å². The minimum Gasteiger partial charge on any atom is -0.466 e. The summed E-state index contributed by atoms with van der Waals surface area (Å²) in [5.41, 5.74) is 0.478. The van der Waals surface area contributed by atoms with Crippen LogP contribution < -0.4 is 4.72 Å².